The van der Waals surface area contributed by atoms with E-state index in [1.165, 1.54) is 6.92 Å². The van der Waals surface area contributed by atoms with Gasteiger partial charge >= 0.3 is 5.97 Å². The van der Waals surface area contributed by atoms with E-state index in [-0.39, 0.29) is 5.75 Å². The minimum absolute atomic E-state index is 0.167. The summed E-state index contributed by atoms with van der Waals surface area (Å²) in [7, 11) is -1.43. The lowest BCUT2D eigenvalue weighted by atomic mass is 10.4. The zero-order valence-corrected chi connectivity index (χ0v) is 10.4. The first kappa shape index (κ1) is 12.3. The number of nitrogens with zero attached hydrogens (tertiary/aromatic N) is 1. The van der Waals surface area contributed by atoms with E-state index >= 15 is 0 Å². The molecule has 0 aromatic carbocycles. The van der Waals surface area contributed by atoms with Crippen LogP contribution in [0.2, 0.25) is 0 Å². The SMILES string of the molecule is CC(C(=O)O)S(=O)Cc1ccc(Br)cn1. The van der Waals surface area contributed by atoms with Gasteiger partial charge in [0.25, 0.3) is 0 Å². The highest BCUT2D eigenvalue weighted by molar-refractivity contribution is 9.10. The van der Waals surface area contributed by atoms with Crippen LogP contribution in [0.25, 0.3) is 0 Å². The first-order valence-electron chi connectivity index (χ1n) is 4.21. The van der Waals surface area contributed by atoms with Gasteiger partial charge in [0.1, 0.15) is 5.25 Å². The van der Waals surface area contributed by atoms with Gasteiger partial charge in [-0.1, -0.05) is 0 Å². The number of carboxylic acid groups (broad SMARTS) is 1. The summed E-state index contributed by atoms with van der Waals surface area (Å²) in [4.78, 5) is 14.6. The summed E-state index contributed by atoms with van der Waals surface area (Å²) < 4.78 is 12.4. The predicted molar refractivity (Wildman–Crippen MR) is 60.9 cm³/mol. The van der Waals surface area contributed by atoms with Crippen molar-refractivity contribution in [2.75, 3.05) is 0 Å². The van der Waals surface area contributed by atoms with Crippen LogP contribution < -0.4 is 0 Å². The molecule has 0 aliphatic heterocycles. The van der Waals surface area contributed by atoms with E-state index in [2.05, 4.69) is 20.9 Å². The molecule has 15 heavy (non-hydrogen) atoms. The smallest absolute Gasteiger partial charge is 0.318 e. The summed E-state index contributed by atoms with van der Waals surface area (Å²) >= 11 is 3.23. The van der Waals surface area contributed by atoms with E-state index in [0.29, 0.717) is 5.69 Å². The van der Waals surface area contributed by atoms with Gasteiger partial charge in [0.05, 0.1) is 11.4 Å². The lowest BCUT2D eigenvalue weighted by Gasteiger charge is -2.05. The molecule has 6 heteroatoms. The average molecular weight is 292 g/mol. The quantitative estimate of drug-likeness (QED) is 0.914. The van der Waals surface area contributed by atoms with Crippen molar-refractivity contribution >= 4 is 32.7 Å². The van der Waals surface area contributed by atoms with Crippen molar-refractivity contribution in [1.82, 2.24) is 4.98 Å². The number of aromatic nitrogens is 1. The van der Waals surface area contributed by atoms with Crippen molar-refractivity contribution in [2.24, 2.45) is 0 Å². The fraction of sp³-hybridized carbons (Fsp3) is 0.333. The Kier molecular flexibility index (Phi) is 4.41. The van der Waals surface area contributed by atoms with Crippen LogP contribution in [-0.2, 0) is 21.3 Å². The highest BCUT2D eigenvalue weighted by atomic mass is 79.9. The third-order valence-electron chi connectivity index (χ3n) is 1.82. The van der Waals surface area contributed by atoms with Gasteiger partial charge in [-0.15, -0.1) is 0 Å². The average Bonchev–Trinajstić information content (AvgIpc) is 2.20. The van der Waals surface area contributed by atoms with E-state index in [4.69, 9.17) is 5.11 Å². The van der Waals surface area contributed by atoms with Gasteiger partial charge in [0.15, 0.2) is 0 Å². The number of hydrogen-bond donors (Lipinski definition) is 1. The van der Waals surface area contributed by atoms with Crippen molar-refractivity contribution in [3.05, 3.63) is 28.5 Å². The van der Waals surface area contributed by atoms with Gasteiger partial charge in [-0.2, -0.15) is 0 Å². The summed E-state index contributed by atoms with van der Waals surface area (Å²) in [5.41, 5.74) is 0.629. The highest BCUT2D eigenvalue weighted by Gasteiger charge is 2.19. The van der Waals surface area contributed by atoms with Gasteiger partial charge in [-0.3, -0.25) is 14.0 Å². The molecule has 0 fully saturated rings. The number of carboxylic acids is 1. The fourth-order valence-electron chi connectivity index (χ4n) is 0.875. The maximum absolute atomic E-state index is 11.5. The number of rotatable bonds is 4. The molecule has 1 rings (SSSR count). The van der Waals surface area contributed by atoms with Crippen molar-refractivity contribution < 1.29 is 14.1 Å². The lowest BCUT2D eigenvalue weighted by molar-refractivity contribution is -0.136. The minimum atomic E-state index is -1.43. The maximum Gasteiger partial charge on any atom is 0.318 e. The number of pyridine rings is 1. The summed E-state index contributed by atoms with van der Waals surface area (Å²) in [6.45, 7) is 1.43. The number of halogens is 1. The number of hydrogen-bond acceptors (Lipinski definition) is 3. The summed E-state index contributed by atoms with van der Waals surface area (Å²) in [6.07, 6.45) is 1.60. The van der Waals surface area contributed by atoms with Crippen LogP contribution in [0.4, 0.5) is 0 Å². The Morgan fingerprint density at radius 1 is 1.67 bits per heavy atom. The molecular weight excluding hydrogens is 282 g/mol. The largest absolute Gasteiger partial charge is 0.480 e. The van der Waals surface area contributed by atoms with E-state index in [1.54, 1.807) is 18.3 Å². The lowest BCUT2D eigenvalue weighted by Crippen LogP contribution is -2.23. The molecule has 2 atom stereocenters. The molecule has 82 valence electrons. The topological polar surface area (TPSA) is 67.3 Å². The molecule has 0 bridgehead atoms. The summed E-state index contributed by atoms with van der Waals surface area (Å²) in [5.74, 6) is -0.883. The zero-order chi connectivity index (χ0) is 11.4. The molecule has 0 saturated carbocycles. The Balaban J connectivity index is 2.66. The summed E-state index contributed by atoms with van der Waals surface area (Å²) in [6, 6.07) is 3.50. The van der Waals surface area contributed by atoms with Crippen LogP contribution in [0.1, 0.15) is 12.6 Å². The third-order valence-corrected chi connectivity index (χ3v) is 3.86. The molecule has 0 aliphatic carbocycles. The van der Waals surface area contributed by atoms with Crippen LogP contribution in [0.15, 0.2) is 22.8 Å². The number of carbonyl (C=O) groups is 1. The van der Waals surface area contributed by atoms with Crippen LogP contribution in [0, 0.1) is 0 Å². The molecule has 1 N–H and O–H groups in total. The molecule has 1 aromatic rings. The van der Waals surface area contributed by atoms with E-state index < -0.39 is 22.0 Å². The van der Waals surface area contributed by atoms with Crippen LogP contribution in [0.3, 0.4) is 0 Å². The Morgan fingerprint density at radius 2 is 2.33 bits per heavy atom. The second-order valence-electron chi connectivity index (χ2n) is 2.97. The first-order valence-corrected chi connectivity index (χ1v) is 6.38. The standard InChI is InChI=1S/C9H10BrNO3S/c1-6(9(12)13)15(14)5-8-3-2-7(10)4-11-8/h2-4,6H,5H2,1H3,(H,12,13). The van der Waals surface area contributed by atoms with Crippen molar-refractivity contribution in [3.63, 3.8) is 0 Å². The normalized spacial score (nSPS) is 14.5. The molecule has 0 saturated heterocycles. The Labute approximate surface area is 98.3 Å². The summed E-state index contributed by atoms with van der Waals surface area (Å²) in [5, 5.41) is 7.79. The van der Waals surface area contributed by atoms with Crippen LogP contribution in [0.5, 0.6) is 0 Å². The molecule has 1 aromatic heterocycles. The predicted octanol–water partition coefficient (Wildman–Crippen LogP) is 1.57. The third kappa shape index (κ3) is 3.71. The second kappa shape index (κ2) is 5.37. The zero-order valence-electron chi connectivity index (χ0n) is 8.01. The first-order chi connectivity index (χ1) is 7.00. The van der Waals surface area contributed by atoms with Crippen molar-refractivity contribution in [3.8, 4) is 0 Å². The van der Waals surface area contributed by atoms with Gasteiger partial charge in [-0.25, -0.2) is 0 Å². The van der Waals surface area contributed by atoms with Crippen molar-refractivity contribution in [2.45, 2.75) is 17.9 Å². The molecule has 0 spiro atoms. The Morgan fingerprint density at radius 3 is 2.80 bits per heavy atom. The van der Waals surface area contributed by atoms with Gasteiger partial charge < -0.3 is 5.11 Å². The molecule has 0 amide bonds. The molecule has 2 unspecified atom stereocenters. The number of aliphatic carboxylic acids is 1. The monoisotopic (exact) mass is 291 g/mol. The Hall–Kier alpha value is -0.750. The Bertz CT molecular complexity index is 379. The molecular formula is C9H10BrNO3S. The van der Waals surface area contributed by atoms with Gasteiger partial charge in [0, 0.05) is 21.5 Å². The van der Waals surface area contributed by atoms with Gasteiger partial charge in [-0.05, 0) is 35.0 Å². The molecule has 1 heterocycles. The molecule has 4 nitrogen and oxygen atoms in total. The van der Waals surface area contributed by atoms with E-state index in [0.717, 1.165) is 4.47 Å². The second-order valence-corrected chi connectivity index (χ2v) is 5.65. The van der Waals surface area contributed by atoms with E-state index in [1.807, 2.05) is 0 Å². The van der Waals surface area contributed by atoms with Crippen molar-refractivity contribution in [1.29, 1.82) is 0 Å². The molecule has 0 radical (unpaired) electrons. The minimum Gasteiger partial charge on any atom is -0.480 e. The van der Waals surface area contributed by atoms with Gasteiger partial charge in [0.2, 0.25) is 0 Å². The highest BCUT2D eigenvalue weighted by Crippen LogP contribution is 2.10. The van der Waals surface area contributed by atoms with E-state index in [9.17, 15) is 9.00 Å². The molecule has 0 aliphatic rings. The van der Waals surface area contributed by atoms with Crippen LogP contribution in [-0.4, -0.2) is 25.5 Å². The van der Waals surface area contributed by atoms with Crippen LogP contribution >= 0.6 is 15.9 Å². The fourth-order valence-corrected chi connectivity index (χ4v) is 2.05. The maximum atomic E-state index is 11.5.